The van der Waals surface area contributed by atoms with Gasteiger partial charge in [0.05, 0.1) is 24.3 Å². The molecule has 2 bridgehead atoms. The van der Waals surface area contributed by atoms with Crippen LogP contribution in [0.15, 0.2) is 42.5 Å². The minimum atomic E-state index is -0.556. The summed E-state index contributed by atoms with van der Waals surface area (Å²) >= 11 is 6.88. The number of morpholine rings is 1. The molecule has 2 unspecified atom stereocenters. The third kappa shape index (κ3) is 5.67. The molecule has 4 aromatic rings. The Bertz CT molecular complexity index is 1690. The van der Waals surface area contributed by atoms with Gasteiger partial charge in [0, 0.05) is 61.2 Å². The zero-order valence-corrected chi connectivity index (χ0v) is 26.1. The van der Waals surface area contributed by atoms with Gasteiger partial charge >= 0.3 is 6.01 Å². The van der Waals surface area contributed by atoms with Gasteiger partial charge in [-0.2, -0.15) is 9.97 Å². The van der Waals surface area contributed by atoms with Crippen molar-refractivity contribution in [3.8, 4) is 22.9 Å². The Morgan fingerprint density at radius 2 is 1.86 bits per heavy atom. The number of anilines is 1. The minimum absolute atomic E-state index is 0.0379. The average molecular weight is 620 g/mol. The van der Waals surface area contributed by atoms with Crippen molar-refractivity contribution >= 4 is 39.1 Å². The first-order valence-corrected chi connectivity index (χ1v) is 16.0. The highest BCUT2D eigenvalue weighted by Gasteiger charge is 2.34. The molecule has 44 heavy (non-hydrogen) atoms. The Kier molecular flexibility index (Phi) is 7.99. The number of fused-ring (bicyclic) bond motifs is 4. The molecular weight excluding hydrogens is 581 g/mol. The topological polar surface area (TPSA) is 83.0 Å². The van der Waals surface area contributed by atoms with Gasteiger partial charge in [0.15, 0.2) is 5.82 Å². The maximum absolute atomic E-state index is 16.8. The summed E-state index contributed by atoms with van der Waals surface area (Å²) < 4.78 is 28.8. The van der Waals surface area contributed by atoms with Crippen molar-refractivity contribution in [2.75, 3.05) is 44.3 Å². The summed E-state index contributed by atoms with van der Waals surface area (Å²) in [5.74, 6) is 0.319. The normalized spacial score (nSPS) is 24.7. The minimum Gasteiger partial charge on any atom is -0.508 e. The van der Waals surface area contributed by atoms with E-state index in [4.69, 9.17) is 26.1 Å². The van der Waals surface area contributed by atoms with Gasteiger partial charge in [0.25, 0.3) is 0 Å². The fourth-order valence-electron chi connectivity index (χ4n) is 7.08. The third-order valence-corrected chi connectivity index (χ3v) is 9.55. The summed E-state index contributed by atoms with van der Waals surface area (Å²) in [7, 11) is 0. The summed E-state index contributed by atoms with van der Waals surface area (Å²) in [4.78, 5) is 14.2. The van der Waals surface area contributed by atoms with Crippen LogP contribution in [-0.2, 0) is 4.74 Å². The number of hydrogen-bond acceptors (Lipinski definition) is 8. The number of aromatic hydroxyl groups is 1. The molecule has 0 saturated carbocycles. The second-order valence-corrected chi connectivity index (χ2v) is 13.3. The van der Waals surface area contributed by atoms with Crippen LogP contribution in [0.5, 0.6) is 11.8 Å². The third-order valence-electron chi connectivity index (χ3n) is 9.25. The number of phenols is 1. The first-order chi connectivity index (χ1) is 21.2. The van der Waals surface area contributed by atoms with Gasteiger partial charge in [-0.25, -0.2) is 4.39 Å². The monoisotopic (exact) mass is 619 g/mol. The van der Waals surface area contributed by atoms with Crippen LogP contribution in [0, 0.1) is 11.7 Å². The highest BCUT2D eigenvalue weighted by molar-refractivity contribution is 6.35. The molecular formula is C34H39ClFN5O3. The molecule has 232 valence electrons. The van der Waals surface area contributed by atoms with Gasteiger partial charge in [-0.05, 0) is 61.2 Å². The molecule has 7 rings (SSSR count). The van der Waals surface area contributed by atoms with Crippen molar-refractivity contribution in [1.29, 1.82) is 0 Å². The number of benzene rings is 3. The first kappa shape index (κ1) is 29.5. The standard InChI is InChI=1S/C34H39ClFN5O3/c1-19(13-40-14-21(3)43-18-20(40)2)17-44-34-38-32-28(33(39-34)41-15-23-8-9-24(16-41)37-23)12-29(35)30(31(32)36)27-11-25(42)10-22-6-4-5-7-26(22)27/h4-7,10-12,19-21,23-24,37,42H,8-9,13-18H2,1-3H3/t19-,20+,21+,23?,24?/m1/s1. The highest BCUT2D eigenvalue weighted by Crippen LogP contribution is 2.43. The van der Waals surface area contributed by atoms with Crippen LogP contribution in [0.3, 0.4) is 0 Å². The molecule has 10 heteroatoms. The number of aromatic nitrogens is 2. The van der Waals surface area contributed by atoms with Crippen LogP contribution in [-0.4, -0.2) is 83.6 Å². The summed E-state index contributed by atoms with van der Waals surface area (Å²) in [5.41, 5.74) is 0.868. The maximum Gasteiger partial charge on any atom is 0.319 e. The molecule has 3 aliphatic rings. The van der Waals surface area contributed by atoms with E-state index in [9.17, 15) is 5.11 Å². The van der Waals surface area contributed by atoms with Crippen LogP contribution in [0.1, 0.15) is 33.6 Å². The molecule has 4 heterocycles. The molecule has 0 spiro atoms. The van der Waals surface area contributed by atoms with Crippen LogP contribution >= 0.6 is 11.6 Å². The average Bonchev–Trinajstić information content (AvgIpc) is 3.34. The largest absolute Gasteiger partial charge is 0.508 e. The Morgan fingerprint density at radius 3 is 2.66 bits per heavy atom. The molecule has 1 aromatic heterocycles. The fraction of sp³-hybridized carbons (Fsp3) is 0.471. The van der Waals surface area contributed by atoms with Crippen molar-refractivity contribution in [3.05, 3.63) is 53.3 Å². The second kappa shape index (κ2) is 11.9. The summed E-state index contributed by atoms with van der Waals surface area (Å²) in [6.07, 6.45) is 2.41. The Morgan fingerprint density at radius 1 is 1.09 bits per heavy atom. The van der Waals surface area contributed by atoms with Gasteiger partial charge in [-0.15, -0.1) is 0 Å². The van der Waals surface area contributed by atoms with E-state index in [1.54, 1.807) is 18.2 Å². The molecule has 3 aromatic carbocycles. The van der Waals surface area contributed by atoms with E-state index in [0.29, 0.717) is 41.5 Å². The van der Waals surface area contributed by atoms with E-state index in [-0.39, 0.29) is 39.9 Å². The summed E-state index contributed by atoms with van der Waals surface area (Å²) in [5, 5.41) is 16.6. The molecule has 8 nitrogen and oxygen atoms in total. The Hall–Kier alpha value is -3.24. The van der Waals surface area contributed by atoms with Crippen molar-refractivity contribution < 1.29 is 19.0 Å². The molecule has 0 aliphatic carbocycles. The molecule has 0 radical (unpaired) electrons. The number of rotatable bonds is 7. The van der Waals surface area contributed by atoms with E-state index in [1.165, 1.54) is 0 Å². The fourth-order valence-corrected chi connectivity index (χ4v) is 7.37. The predicted molar refractivity (Wildman–Crippen MR) is 172 cm³/mol. The Labute approximate surface area is 262 Å². The number of ether oxygens (including phenoxy) is 2. The van der Waals surface area contributed by atoms with Gasteiger partial charge in [-0.3, -0.25) is 4.90 Å². The molecule has 3 saturated heterocycles. The lowest BCUT2D eigenvalue weighted by Gasteiger charge is -2.38. The van der Waals surface area contributed by atoms with Gasteiger partial charge < -0.3 is 24.8 Å². The van der Waals surface area contributed by atoms with E-state index in [2.05, 4.69) is 40.9 Å². The lowest BCUT2D eigenvalue weighted by Crippen LogP contribution is -2.51. The number of hydrogen-bond donors (Lipinski definition) is 2. The van der Waals surface area contributed by atoms with E-state index < -0.39 is 5.82 Å². The van der Waals surface area contributed by atoms with Gasteiger partial charge in [0.1, 0.15) is 17.1 Å². The zero-order chi connectivity index (χ0) is 30.5. The summed E-state index contributed by atoms with van der Waals surface area (Å²) in [6.45, 7) is 10.8. The second-order valence-electron chi connectivity index (χ2n) is 12.9. The SMILES string of the molecule is C[C@@H](COc1nc(N2CC3CCC(C2)N3)c2cc(Cl)c(-c3cc(O)cc4ccccc34)c(F)c2n1)CN1C[C@H](C)OC[C@@H]1C. The number of nitrogens with one attached hydrogen (secondary N) is 1. The van der Waals surface area contributed by atoms with Crippen molar-refractivity contribution in [3.63, 3.8) is 0 Å². The smallest absolute Gasteiger partial charge is 0.319 e. The highest BCUT2D eigenvalue weighted by atomic mass is 35.5. The van der Waals surface area contributed by atoms with Crippen LogP contribution in [0.4, 0.5) is 10.2 Å². The molecule has 3 fully saturated rings. The van der Waals surface area contributed by atoms with Crippen molar-refractivity contribution in [2.24, 2.45) is 5.92 Å². The molecule has 3 aliphatic heterocycles. The molecule has 0 amide bonds. The number of phenolic OH excluding ortho intramolecular Hbond substituents is 1. The van der Waals surface area contributed by atoms with E-state index >= 15 is 4.39 Å². The number of halogens is 2. The van der Waals surface area contributed by atoms with Crippen LogP contribution in [0.25, 0.3) is 32.8 Å². The van der Waals surface area contributed by atoms with E-state index in [0.717, 1.165) is 56.4 Å². The van der Waals surface area contributed by atoms with Gasteiger partial charge in [0.2, 0.25) is 0 Å². The zero-order valence-electron chi connectivity index (χ0n) is 25.4. The maximum atomic E-state index is 16.8. The van der Waals surface area contributed by atoms with E-state index in [1.807, 2.05) is 24.3 Å². The predicted octanol–water partition coefficient (Wildman–Crippen LogP) is 6.01. The quantitative estimate of drug-likeness (QED) is 0.260. The first-order valence-electron chi connectivity index (χ1n) is 15.6. The van der Waals surface area contributed by atoms with Crippen LogP contribution in [0.2, 0.25) is 5.02 Å². The number of nitrogens with zero attached hydrogens (tertiary/aromatic N) is 4. The Balaban J connectivity index is 1.28. The van der Waals surface area contributed by atoms with Crippen LogP contribution < -0.4 is 15.0 Å². The number of piperazine rings is 1. The van der Waals surface area contributed by atoms with Gasteiger partial charge in [-0.1, -0.05) is 42.8 Å². The lowest BCUT2D eigenvalue weighted by atomic mass is 9.96. The van der Waals surface area contributed by atoms with Crippen molar-refractivity contribution in [1.82, 2.24) is 20.2 Å². The lowest BCUT2D eigenvalue weighted by molar-refractivity contribution is -0.0551. The summed E-state index contributed by atoms with van der Waals surface area (Å²) in [6, 6.07) is 13.8. The molecule has 5 atom stereocenters. The molecule has 2 N–H and O–H groups in total. The van der Waals surface area contributed by atoms with Crippen molar-refractivity contribution in [2.45, 2.75) is 57.8 Å².